The number of hydrogen-bond acceptors (Lipinski definition) is 4. The molecule has 0 spiro atoms. The Bertz CT molecular complexity index is 448. The fourth-order valence-corrected chi connectivity index (χ4v) is 1.44. The van der Waals surface area contributed by atoms with E-state index in [-0.39, 0.29) is 17.5 Å². The highest BCUT2D eigenvalue weighted by Gasteiger charge is 2.19. The summed E-state index contributed by atoms with van der Waals surface area (Å²) in [4.78, 5) is 21.9. The lowest BCUT2D eigenvalue weighted by Crippen LogP contribution is -2.40. The number of nitro groups is 1. The molecule has 1 aromatic rings. The SMILES string of the molecule is CCC(C)[C@H](N)C(=O)Nc1cccc([N+](=O)[O-])c1. The summed E-state index contributed by atoms with van der Waals surface area (Å²) in [5.41, 5.74) is 6.09. The molecule has 0 aliphatic carbocycles. The number of nitrogens with zero attached hydrogens (tertiary/aromatic N) is 1. The third-order valence-corrected chi connectivity index (χ3v) is 2.88. The van der Waals surface area contributed by atoms with Gasteiger partial charge in [0.05, 0.1) is 11.0 Å². The zero-order valence-corrected chi connectivity index (χ0v) is 10.4. The first-order chi connectivity index (χ1) is 8.45. The maximum atomic E-state index is 11.8. The summed E-state index contributed by atoms with van der Waals surface area (Å²) in [7, 11) is 0. The third kappa shape index (κ3) is 3.53. The van der Waals surface area contributed by atoms with E-state index in [4.69, 9.17) is 5.73 Å². The van der Waals surface area contributed by atoms with E-state index >= 15 is 0 Å². The van der Waals surface area contributed by atoms with E-state index in [1.165, 1.54) is 18.2 Å². The minimum absolute atomic E-state index is 0.0590. The maximum Gasteiger partial charge on any atom is 0.271 e. The molecule has 98 valence electrons. The average molecular weight is 251 g/mol. The van der Waals surface area contributed by atoms with Crippen LogP contribution in [0.5, 0.6) is 0 Å². The van der Waals surface area contributed by atoms with Crippen molar-refractivity contribution in [2.45, 2.75) is 26.3 Å². The van der Waals surface area contributed by atoms with Crippen molar-refractivity contribution in [1.29, 1.82) is 0 Å². The molecule has 0 fully saturated rings. The molecule has 3 N–H and O–H groups in total. The van der Waals surface area contributed by atoms with Crippen molar-refractivity contribution in [3.8, 4) is 0 Å². The molecule has 1 rings (SSSR count). The van der Waals surface area contributed by atoms with Gasteiger partial charge in [-0.05, 0) is 12.0 Å². The van der Waals surface area contributed by atoms with Gasteiger partial charge in [-0.25, -0.2) is 0 Å². The lowest BCUT2D eigenvalue weighted by molar-refractivity contribution is -0.384. The van der Waals surface area contributed by atoms with Crippen LogP contribution in [0.1, 0.15) is 20.3 Å². The largest absolute Gasteiger partial charge is 0.324 e. The molecule has 1 aromatic carbocycles. The monoisotopic (exact) mass is 251 g/mol. The van der Waals surface area contributed by atoms with Gasteiger partial charge in [0.15, 0.2) is 0 Å². The first-order valence-corrected chi connectivity index (χ1v) is 5.76. The van der Waals surface area contributed by atoms with Crippen molar-refractivity contribution in [2.75, 3.05) is 5.32 Å². The van der Waals surface area contributed by atoms with Gasteiger partial charge in [-0.1, -0.05) is 26.3 Å². The quantitative estimate of drug-likeness (QED) is 0.616. The van der Waals surface area contributed by atoms with Crippen LogP contribution in [0.15, 0.2) is 24.3 Å². The van der Waals surface area contributed by atoms with Gasteiger partial charge < -0.3 is 11.1 Å². The Balaban J connectivity index is 2.76. The van der Waals surface area contributed by atoms with E-state index < -0.39 is 11.0 Å². The van der Waals surface area contributed by atoms with Crippen LogP contribution in [0.3, 0.4) is 0 Å². The second kappa shape index (κ2) is 6.11. The Morgan fingerprint density at radius 1 is 1.56 bits per heavy atom. The van der Waals surface area contributed by atoms with Gasteiger partial charge in [-0.15, -0.1) is 0 Å². The molecule has 0 bridgehead atoms. The van der Waals surface area contributed by atoms with Crippen molar-refractivity contribution in [3.63, 3.8) is 0 Å². The fraction of sp³-hybridized carbons (Fsp3) is 0.417. The number of carbonyl (C=O) groups excluding carboxylic acids is 1. The minimum atomic E-state index is -0.616. The van der Waals surface area contributed by atoms with Gasteiger partial charge in [-0.3, -0.25) is 14.9 Å². The molecule has 0 aliphatic heterocycles. The smallest absolute Gasteiger partial charge is 0.271 e. The lowest BCUT2D eigenvalue weighted by atomic mass is 9.99. The van der Waals surface area contributed by atoms with E-state index in [0.717, 1.165) is 6.42 Å². The number of nitro benzene ring substituents is 1. The van der Waals surface area contributed by atoms with Gasteiger partial charge in [0, 0.05) is 17.8 Å². The molecular weight excluding hydrogens is 234 g/mol. The Labute approximate surface area is 105 Å². The maximum absolute atomic E-state index is 11.8. The molecule has 0 saturated heterocycles. The second-order valence-corrected chi connectivity index (χ2v) is 4.21. The highest BCUT2D eigenvalue weighted by Crippen LogP contribution is 2.17. The van der Waals surface area contributed by atoms with E-state index in [1.807, 2.05) is 13.8 Å². The number of benzene rings is 1. The van der Waals surface area contributed by atoms with Crippen molar-refractivity contribution in [2.24, 2.45) is 11.7 Å². The number of non-ortho nitro benzene ring substituents is 1. The number of nitrogens with two attached hydrogens (primary N) is 1. The molecule has 0 radical (unpaired) electrons. The van der Waals surface area contributed by atoms with Gasteiger partial charge in [0.25, 0.3) is 5.69 Å². The standard InChI is InChI=1S/C12H17N3O3/c1-3-8(2)11(13)12(16)14-9-5-4-6-10(7-9)15(17)18/h4-8,11H,3,13H2,1-2H3,(H,14,16)/t8?,11-/m0/s1. The van der Waals surface area contributed by atoms with Gasteiger partial charge in [0.1, 0.15) is 0 Å². The van der Waals surface area contributed by atoms with Crippen LogP contribution in [0.2, 0.25) is 0 Å². The van der Waals surface area contributed by atoms with E-state index in [0.29, 0.717) is 5.69 Å². The molecule has 2 atom stereocenters. The molecular formula is C12H17N3O3. The van der Waals surface area contributed by atoms with Crippen molar-refractivity contribution >= 4 is 17.3 Å². The molecule has 0 aromatic heterocycles. The van der Waals surface area contributed by atoms with Gasteiger partial charge in [0.2, 0.25) is 5.91 Å². The summed E-state index contributed by atoms with van der Waals surface area (Å²) >= 11 is 0. The summed E-state index contributed by atoms with van der Waals surface area (Å²) < 4.78 is 0. The normalized spacial score (nSPS) is 13.7. The zero-order chi connectivity index (χ0) is 13.7. The molecule has 0 aliphatic rings. The van der Waals surface area contributed by atoms with Gasteiger partial charge in [-0.2, -0.15) is 0 Å². The predicted molar refractivity (Wildman–Crippen MR) is 69.2 cm³/mol. The third-order valence-electron chi connectivity index (χ3n) is 2.88. The van der Waals surface area contributed by atoms with E-state index in [9.17, 15) is 14.9 Å². The van der Waals surface area contributed by atoms with Crippen LogP contribution in [-0.4, -0.2) is 16.9 Å². The molecule has 6 heteroatoms. The number of nitrogens with one attached hydrogen (secondary N) is 1. The van der Waals surface area contributed by atoms with Crippen molar-refractivity contribution in [3.05, 3.63) is 34.4 Å². The highest BCUT2D eigenvalue weighted by molar-refractivity contribution is 5.95. The average Bonchev–Trinajstić information content (AvgIpc) is 2.37. The van der Waals surface area contributed by atoms with Crippen LogP contribution < -0.4 is 11.1 Å². The Morgan fingerprint density at radius 2 is 2.22 bits per heavy atom. The van der Waals surface area contributed by atoms with Crippen LogP contribution >= 0.6 is 0 Å². The molecule has 0 saturated carbocycles. The number of anilines is 1. The predicted octanol–water partition coefficient (Wildman–Crippen LogP) is 1.91. The van der Waals surface area contributed by atoms with Gasteiger partial charge >= 0.3 is 0 Å². The molecule has 1 unspecified atom stereocenters. The fourth-order valence-electron chi connectivity index (χ4n) is 1.44. The summed E-state index contributed by atoms with van der Waals surface area (Å²) in [6, 6.07) is 5.16. The second-order valence-electron chi connectivity index (χ2n) is 4.21. The number of amides is 1. The Hall–Kier alpha value is -1.95. The number of hydrogen-bond donors (Lipinski definition) is 2. The molecule has 6 nitrogen and oxygen atoms in total. The summed E-state index contributed by atoms with van der Waals surface area (Å²) in [5, 5.41) is 13.2. The lowest BCUT2D eigenvalue weighted by Gasteiger charge is -2.17. The van der Waals surface area contributed by atoms with Crippen molar-refractivity contribution < 1.29 is 9.72 Å². The van der Waals surface area contributed by atoms with E-state index in [1.54, 1.807) is 6.07 Å². The van der Waals surface area contributed by atoms with Crippen molar-refractivity contribution in [1.82, 2.24) is 0 Å². The van der Waals surface area contributed by atoms with Crippen LogP contribution in [0.25, 0.3) is 0 Å². The Kier molecular flexibility index (Phi) is 4.79. The first-order valence-electron chi connectivity index (χ1n) is 5.76. The van der Waals surface area contributed by atoms with Crippen LogP contribution in [0.4, 0.5) is 11.4 Å². The summed E-state index contributed by atoms with van der Waals surface area (Å²) in [5.74, 6) is -0.270. The highest BCUT2D eigenvalue weighted by atomic mass is 16.6. The van der Waals surface area contributed by atoms with Crippen LogP contribution in [-0.2, 0) is 4.79 Å². The van der Waals surface area contributed by atoms with Crippen LogP contribution in [0, 0.1) is 16.0 Å². The van der Waals surface area contributed by atoms with E-state index in [2.05, 4.69) is 5.32 Å². The molecule has 18 heavy (non-hydrogen) atoms. The molecule has 1 amide bonds. The molecule has 0 heterocycles. The number of carbonyl (C=O) groups is 1. The minimum Gasteiger partial charge on any atom is -0.324 e. The summed E-state index contributed by atoms with van der Waals surface area (Å²) in [6.45, 7) is 3.84. The zero-order valence-electron chi connectivity index (χ0n) is 10.4. The number of rotatable bonds is 5. The Morgan fingerprint density at radius 3 is 2.78 bits per heavy atom. The topological polar surface area (TPSA) is 98.3 Å². The first kappa shape index (κ1) is 14.1. The summed E-state index contributed by atoms with van der Waals surface area (Å²) in [6.07, 6.45) is 0.795.